The zero-order chi connectivity index (χ0) is 22.7. The van der Waals surface area contributed by atoms with Crippen LogP contribution in [0.15, 0.2) is 35.9 Å². The summed E-state index contributed by atoms with van der Waals surface area (Å²) in [6, 6.07) is 6.74. The average Bonchev–Trinajstić information content (AvgIpc) is 3.45. The Morgan fingerprint density at radius 2 is 2.09 bits per heavy atom. The van der Waals surface area contributed by atoms with Gasteiger partial charge in [-0.3, -0.25) is 9.59 Å². The van der Waals surface area contributed by atoms with Crippen molar-refractivity contribution in [1.82, 2.24) is 10.2 Å². The minimum absolute atomic E-state index is 0.0765. The minimum Gasteiger partial charge on any atom is -0.486 e. The maximum atomic E-state index is 13.1. The molecular formula is C24H32N2O6. The van der Waals surface area contributed by atoms with Crippen LogP contribution in [0.5, 0.6) is 5.75 Å². The molecule has 8 heteroatoms. The number of carbonyl (C=O) groups is 2. The fourth-order valence-electron chi connectivity index (χ4n) is 4.95. The van der Waals surface area contributed by atoms with E-state index < -0.39 is 24.2 Å². The number of fused-ring (bicyclic) bond motifs is 3. The van der Waals surface area contributed by atoms with Gasteiger partial charge in [-0.15, -0.1) is 0 Å². The molecule has 0 aromatic heterocycles. The molecule has 5 unspecified atom stereocenters. The number of aliphatic hydroxyl groups excluding tert-OH is 2. The lowest BCUT2D eigenvalue weighted by Gasteiger charge is -2.41. The average molecular weight is 445 g/mol. The number of ether oxygens (including phenoxy) is 2. The standard InChI is InChI=1S/C24H32N2O6/c1-2-6-20(28)26(14-15-7-5-12-31-15)18-13-17(24(30)25-10-11-27)21-16-8-3-4-9-19(16)32-23(21)22(18)29/h3-4,8-9,13,15,18,21-23,27,29H,2,5-7,10-12,14H2,1H3,(H,25,30). The molecule has 2 aliphatic heterocycles. The third-order valence-corrected chi connectivity index (χ3v) is 6.45. The van der Waals surface area contributed by atoms with Crippen molar-refractivity contribution in [3.63, 3.8) is 0 Å². The van der Waals surface area contributed by atoms with Crippen molar-refractivity contribution >= 4 is 11.8 Å². The number of benzene rings is 1. The number of rotatable bonds is 8. The second-order valence-corrected chi connectivity index (χ2v) is 8.61. The minimum atomic E-state index is -0.996. The summed E-state index contributed by atoms with van der Waals surface area (Å²) >= 11 is 0. The molecule has 1 aromatic rings. The highest BCUT2D eigenvalue weighted by molar-refractivity contribution is 5.96. The quantitative estimate of drug-likeness (QED) is 0.555. The number of carbonyl (C=O) groups excluding carboxylic acids is 2. The molecule has 3 N–H and O–H groups in total. The number of nitrogens with one attached hydrogen (secondary N) is 1. The van der Waals surface area contributed by atoms with Gasteiger partial charge in [0, 0.05) is 37.3 Å². The summed E-state index contributed by atoms with van der Waals surface area (Å²) in [6.07, 6.45) is 2.80. The summed E-state index contributed by atoms with van der Waals surface area (Å²) in [6.45, 7) is 2.92. The van der Waals surface area contributed by atoms with E-state index >= 15 is 0 Å². The fourth-order valence-corrected chi connectivity index (χ4v) is 4.95. The van der Waals surface area contributed by atoms with Crippen LogP contribution in [-0.2, 0) is 14.3 Å². The number of aliphatic hydroxyl groups is 2. The molecule has 5 atom stereocenters. The second-order valence-electron chi connectivity index (χ2n) is 8.61. The number of hydrogen-bond acceptors (Lipinski definition) is 6. The van der Waals surface area contributed by atoms with E-state index in [-0.39, 0.29) is 31.1 Å². The first-order valence-corrected chi connectivity index (χ1v) is 11.5. The van der Waals surface area contributed by atoms with E-state index in [2.05, 4.69) is 5.32 Å². The molecule has 0 spiro atoms. The molecule has 32 heavy (non-hydrogen) atoms. The van der Waals surface area contributed by atoms with E-state index in [1.807, 2.05) is 31.2 Å². The van der Waals surface area contributed by atoms with Crippen molar-refractivity contribution in [3.8, 4) is 5.75 Å². The van der Waals surface area contributed by atoms with E-state index in [1.165, 1.54) is 0 Å². The third kappa shape index (κ3) is 4.40. The van der Waals surface area contributed by atoms with Gasteiger partial charge in [0.25, 0.3) is 0 Å². The largest absolute Gasteiger partial charge is 0.486 e. The van der Waals surface area contributed by atoms with Gasteiger partial charge in [-0.1, -0.05) is 25.1 Å². The van der Waals surface area contributed by atoms with Gasteiger partial charge in [-0.05, 0) is 31.4 Å². The zero-order valence-electron chi connectivity index (χ0n) is 18.4. The van der Waals surface area contributed by atoms with E-state index in [9.17, 15) is 14.7 Å². The van der Waals surface area contributed by atoms with E-state index in [0.29, 0.717) is 37.3 Å². The predicted molar refractivity (Wildman–Crippen MR) is 117 cm³/mol. The number of amides is 2. The molecule has 2 heterocycles. The topological polar surface area (TPSA) is 108 Å². The summed E-state index contributed by atoms with van der Waals surface area (Å²) in [5.74, 6) is -0.214. The lowest BCUT2D eigenvalue weighted by Crippen LogP contribution is -2.57. The monoisotopic (exact) mass is 444 g/mol. The molecule has 1 aromatic carbocycles. The molecule has 3 aliphatic rings. The molecule has 1 fully saturated rings. The lowest BCUT2D eigenvalue weighted by atomic mass is 9.77. The smallest absolute Gasteiger partial charge is 0.247 e. The molecule has 0 bridgehead atoms. The highest BCUT2D eigenvalue weighted by Crippen LogP contribution is 2.47. The SMILES string of the molecule is CCCC(=O)N(CC1CCCO1)C1C=C(C(=O)NCCO)C2c3ccccc3OC2C1O. The molecule has 2 amide bonds. The van der Waals surface area contributed by atoms with E-state index in [0.717, 1.165) is 18.4 Å². The molecular weight excluding hydrogens is 412 g/mol. The number of hydrogen-bond donors (Lipinski definition) is 3. The Morgan fingerprint density at radius 3 is 2.81 bits per heavy atom. The highest BCUT2D eigenvalue weighted by Gasteiger charge is 2.50. The normalized spacial score (nSPS) is 28.3. The molecule has 0 radical (unpaired) electrons. The second kappa shape index (κ2) is 10.0. The first-order chi connectivity index (χ1) is 15.5. The van der Waals surface area contributed by atoms with Crippen LogP contribution in [-0.4, -0.2) is 77.6 Å². The first kappa shape index (κ1) is 22.8. The number of para-hydroxylation sites is 1. The van der Waals surface area contributed by atoms with Crippen LogP contribution >= 0.6 is 0 Å². The zero-order valence-corrected chi connectivity index (χ0v) is 18.4. The van der Waals surface area contributed by atoms with Gasteiger partial charge in [0.1, 0.15) is 18.0 Å². The van der Waals surface area contributed by atoms with Crippen molar-refractivity contribution in [1.29, 1.82) is 0 Å². The fraction of sp³-hybridized carbons (Fsp3) is 0.583. The third-order valence-electron chi connectivity index (χ3n) is 6.45. The van der Waals surface area contributed by atoms with Crippen molar-refractivity contribution in [2.24, 2.45) is 0 Å². The van der Waals surface area contributed by atoms with Gasteiger partial charge < -0.3 is 29.9 Å². The Hall–Kier alpha value is -2.42. The maximum Gasteiger partial charge on any atom is 0.247 e. The Labute approximate surface area is 188 Å². The highest BCUT2D eigenvalue weighted by atomic mass is 16.5. The van der Waals surface area contributed by atoms with Crippen LogP contribution in [0.4, 0.5) is 0 Å². The van der Waals surface area contributed by atoms with Gasteiger partial charge in [0.15, 0.2) is 0 Å². The van der Waals surface area contributed by atoms with Crippen molar-refractivity contribution in [2.45, 2.75) is 62.9 Å². The molecule has 8 nitrogen and oxygen atoms in total. The summed E-state index contributed by atoms with van der Waals surface area (Å²) in [5.41, 5.74) is 1.29. The molecule has 1 aliphatic carbocycles. The Morgan fingerprint density at radius 1 is 1.28 bits per heavy atom. The van der Waals surface area contributed by atoms with Crippen molar-refractivity contribution in [2.75, 3.05) is 26.3 Å². The Balaban J connectivity index is 1.71. The summed E-state index contributed by atoms with van der Waals surface area (Å²) in [5, 5.41) is 23.3. The molecule has 0 saturated carbocycles. The van der Waals surface area contributed by atoms with Crippen molar-refractivity contribution < 1.29 is 29.3 Å². The molecule has 4 rings (SSSR count). The van der Waals surface area contributed by atoms with E-state index in [4.69, 9.17) is 14.6 Å². The molecule has 174 valence electrons. The summed E-state index contributed by atoms with van der Waals surface area (Å²) in [7, 11) is 0. The van der Waals surface area contributed by atoms with Crippen LogP contribution in [0.1, 0.15) is 44.1 Å². The predicted octanol–water partition coefficient (Wildman–Crippen LogP) is 1.12. The first-order valence-electron chi connectivity index (χ1n) is 11.5. The Bertz CT molecular complexity index is 866. The van der Waals surface area contributed by atoms with Gasteiger partial charge in [0.2, 0.25) is 11.8 Å². The lowest BCUT2D eigenvalue weighted by molar-refractivity contribution is -0.139. The van der Waals surface area contributed by atoms with Crippen LogP contribution in [0.25, 0.3) is 0 Å². The van der Waals surface area contributed by atoms with Crippen LogP contribution in [0.3, 0.4) is 0 Å². The van der Waals surface area contributed by atoms with Gasteiger partial charge in [0.05, 0.1) is 24.7 Å². The summed E-state index contributed by atoms with van der Waals surface area (Å²) < 4.78 is 11.9. The van der Waals surface area contributed by atoms with Gasteiger partial charge >= 0.3 is 0 Å². The Kier molecular flexibility index (Phi) is 7.13. The number of nitrogens with zero attached hydrogens (tertiary/aromatic N) is 1. The van der Waals surface area contributed by atoms with Crippen LogP contribution in [0, 0.1) is 0 Å². The van der Waals surface area contributed by atoms with Crippen LogP contribution in [0.2, 0.25) is 0 Å². The van der Waals surface area contributed by atoms with E-state index in [1.54, 1.807) is 11.0 Å². The molecule has 1 saturated heterocycles. The van der Waals surface area contributed by atoms with Crippen molar-refractivity contribution in [3.05, 3.63) is 41.5 Å². The van der Waals surface area contributed by atoms with Gasteiger partial charge in [-0.25, -0.2) is 0 Å². The summed E-state index contributed by atoms with van der Waals surface area (Å²) in [4.78, 5) is 27.8. The maximum absolute atomic E-state index is 13.1. The van der Waals surface area contributed by atoms with Crippen LogP contribution < -0.4 is 10.1 Å². The van der Waals surface area contributed by atoms with Gasteiger partial charge in [-0.2, -0.15) is 0 Å².